The molecule has 1 saturated heterocycles. The number of carboxylic acids is 1. The van der Waals surface area contributed by atoms with Crippen LogP contribution in [0, 0.1) is 0 Å². The first-order valence-electron chi connectivity index (χ1n) is 8.93. The van der Waals surface area contributed by atoms with Crippen LogP contribution < -0.4 is 0 Å². The minimum atomic E-state index is -1.13. The number of rotatable bonds is 3. The lowest BCUT2D eigenvalue weighted by molar-refractivity contribution is -0.141. The van der Waals surface area contributed by atoms with E-state index in [0.717, 1.165) is 10.4 Å². The van der Waals surface area contributed by atoms with Crippen molar-refractivity contribution in [3.8, 4) is 0 Å². The molecule has 150 valence electrons. The number of carbonyl (C=O) groups excluding carboxylic acids is 3. The molecule has 0 spiro atoms. The maximum atomic E-state index is 12.7. The van der Waals surface area contributed by atoms with Gasteiger partial charge in [0, 0.05) is 29.2 Å². The summed E-state index contributed by atoms with van der Waals surface area (Å²) < 4.78 is 0. The van der Waals surface area contributed by atoms with Crippen molar-refractivity contribution < 1.29 is 24.3 Å². The average Bonchev–Trinajstić information content (AvgIpc) is 3.34. The summed E-state index contributed by atoms with van der Waals surface area (Å²) in [6, 6.07) is 5.14. The second kappa shape index (κ2) is 6.92. The fourth-order valence-electron chi connectivity index (χ4n) is 3.62. The van der Waals surface area contributed by atoms with Gasteiger partial charge in [0.15, 0.2) is 5.78 Å². The Balaban J connectivity index is 1.38. The van der Waals surface area contributed by atoms with Crippen molar-refractivity contribution in [2.45, 2.75) is 11.9 Å². The monoisotopic (exact) mass is 439 g/mol. The topological polar surface area (TPSA) is 108 Å². The Morgan fingerprint density at radius 2 is 2.10 bits per heavy atom. The lowest BCUT2D eigenvalue weighted by Crippen LogP contribution is -2.51. The molecule has 5 heterocycles. The standard InChI is InChI=1S/C20H13N3O5S2/c24-15-8-22(17(25)10-2-1-3-21-6-10)7-11-4-12(30-16(11)15)5-13-18(26)23-14(20(27)28)9-29-19(13)23/h1-6,9,19H,7-8H2,(H,27,28)/b13-5-. The first-order valence-corrected chi connectivity index (χ1v) is 10.7. The van der Waals surface area contributed by atoms with Crippen LogP contribution in [0.4, 0.5) is 0 Å². The Labute approximate surface area is 178 Å². The minimum absolute atomic E-state index is 0.00563. The van der Waals surface area contributed by atoms with Crippen molar-refractivity contribution >= 4 is 52.7 Å². The Morgan fingerprint density at radius 3 is 2.83 bits per heavy atom. The lowest BCUT2D eigenvalue weighted by atomic mass is 10.0. The molecular formula is C20H13N3O5S2. The fraction of sp³-hybridized carbons (Fsp3) is 0.150. The van der Waals surface area contributed by atoms with Gasteiger partial charge in [-0.1, -0.05) is 0 Å². The number of aliphatic carboxylic acids is 1. The molecule has 3 aliphatic rings. The van der Waals surface area contributed by atoms with Crippen LogP contribution >= 0.6 is 23.1 Å². The molecule has 3 aliphatic heterocycles. The maximum Gasteiger partial charge on any atom is 0.353 e. The molecule has 2 aromatic rings. The van der Waals surface area contributed by atoms with Gasteiger partial charge < -0.3 is 10.0 Å². The Bertz CT molecular complexity index is 1180. The smallest absolute Gasteiger partial charge is 0.353 e. The van der Waals surface area contributed by atoms with Crippen LogP contribution in [0.25, 0.3) is 6.08 Å². The number of thiophene rings is 1. The van der Waals surface area contributed by atoms with Gasteiger partial charge in [0.1, 0.15) is 11.1 Å². The number of aromatic nitrogens is 1. The molecule has 2 aromatic heterocycles. The molecular weight excluding hydrogens is 426 g/mol. The summed E-state index contributed by atoms with van der Waals surface area (Å²) in [5.74, 6) is -1.87. The molecule has 1 unspecified atom stereocenters. The number of carbonyl (C=O) groups is 4. The number of carboxylic acid groups (broad SMARTS) is 1. The van der Waals surface area contributed by atoms with Crippen molar-refractivity contribution in [3.05, 3.63) is 68.2 Å². The number of thioether (sulfide) groups is 1. The molecule has 0 aromatic carbocycles. The van der Waals surface area contributed by atoms with Gasteiger partial charge in [-0.3, -0.25) is 24.3 Å². The van der Waals surface area contributed by atoms with Crippen LogP contribution in [0.5, 0.6) is 0 Å². The van der Waals surface area contributed by atoms with Crippen LogP contribution in [-0.4, -0.2) is 55.4 Å². The highest BCUT2D eigenvalue weighted by Gasteiger charge is 2.49. The predicted molar refractivity (Wildman–Crippen MR) is 110 cm³/mol. The summed E-state index contributed by atoms with van der Waals surface area (Å²) in [6.07, 6.45) is 4.76. The number of amides is 2. The predicted octanol–water partition coefficient (Wildman–Crippen LogP) is 2.21. The molecule has 1 fully saturated rings. The first-order chi connectivity index (χ1) is 14.4. The van der Waals surface area contributed by atoms with Crippen LogP contribution in [0.1, 0.15) is 30.5 Å². The molecule has 8 nitrogen and oxygen atoms in total. The van der Waals surface area contributed by atoms with E-state index in [0.29, 0.717) is 22.6 Å². The summed E-state index contributed by atoms with van der Waals surface area (Å²) in [7, 11) is 0. The van der Waals surface area contributed by atoms with Gasteiger partial charge in [-0.05, 0) is 29.8 Å². The van der Waals surface area contributed by atoms with E-state index in [2.05, 4.69) is 4.98 Å². The zero-order valence-electron chi connectivity index (χ0n) is 15.3. The van der Waals surface area contributed by atoms with E-state index in [-0.39, 0.29) is 35.2 Å². The van der Waals surface area contributed by atoms with Crippen molar-refractivity contribution in [2.75, 3.05) is 6.54 Å². The zero-order valence-corrected chi connectivity index (χ0v) is 16.9. The highest BCUT2D eigenvalue weighted by Crippen LogP contribution is 2.45. The number of hydrogen-bond donors (Lipinski definition) is 1. The second-order valence-corrected chi connectivity index (χ2v) is 8.94. The number of hydrogen-bond acceptors (Lipinski definition) is 7. The van der Waals surface area contributed by atoms with Crippen LogP contribution in [-0.2, 0) is 16.1 Å². The number of fused-ring (bicyclic) bond motifs is 2. The van der Waals surface area contributed by atoms with Gasteiger partial charge in [-0.15, -0.1) is 23.1 Å². The molecule has 1 atom stereocenters. The molecule has 10 heteroatoms. The molecule has 0 bridgehead atoms. The number of ketones is 1. The highest BCUT2D eigenvalue weighted by molar-refractivity contribution is 8.03. The fourth-order valence-corrected chi connectivity index (χ4v) is 5.79. The molecule has 0 radical (unpaired) electrons. The number of nitrogens with zero attached hydrogens (tertiary/aromatic N) is 3. The molecule has 5 rings (SSSR count). The molecule has 1 N–H and O–H groups in total. The van der Waals surface area contributed by atoms with Crippen molar-refractivity contribution in [1.29, 1.82) is 0 Å². The summed E-state index contributed by atoms with van der Waals surface area (Å²) in [4.78, 5) is 56.9. The van der Waals surface area contributed by atoms with Crippen LogP contribution in [0.2, 0.25) is 0 Å². The largest absolute Gasteiger partial charge is 0.477 e. The minimum Gasteiger partial charge on any atom is -0.477 e. The third-order valence-corrected chi connectivity index (χ3v) is 7.27. The van der Waals surface area contributed by atoms with Gasteiger partial charge in [0.2, 0.25) is 0 Å². The quantitative estimate of drug-likeness (QED) is 0.577. The van der Waals surface area contributed by atoms with Gasteiger partial charge in [0.25, 0.3) is 11.8 Å². The number of pyridine rings is 1. The third-order valence-electron chi connectivity index (χ3n) is 5.02. The Hall–Kier alpha value is -3.24. The van der Waals surface area contributed by atoms with Crippen molar-refractivity contribution in [1.82, 2.24) is 14.8 Å². The van der Waals surface area contributed by atoms with Crippen LogP contribution in [0.3, 0.4) is 0 Å². The summed E-state index contributed by atoms with van der Waals surface area (Å²) >= 11 is 2.55. The second-order valence-electron chi connectivity index (χ2n) is 6.90. The van der Waals surface area contributed by atoms with E-state index in [1.807, 2.05) is 6.07 Å². The van der Waals surface area contributed by atoms with Gasteiger partial charge in [-0.25, -0.2) is 4.79 Å². The Morgan fingerprint density at radius 1 is 1.27 bits per heavy atom. The zero-order chi connectivity index (χ0) is 21.0. The normalized spacial score (nSPS) is 21.3. The summed E-state index contributed by atoms with van der Waals surface area (Å²) in [5, 5.41) is 10.3. The summed E-state index contributed by atoms with van der Waals surface area (Å²) in [6.45, 7) is 0.297. The van der Waals surface area contributed by atoms with Crippen molar-refractivity contribution in [2.24, 2.45) is 0 Å². The molecule has 0 saturated carbocycles. The third kappa shape index (κ3) is 2.87. The van der Waals surface area contributed by atoms with E-state index >= 15 is 0 Å². The first kappa shape index (κ1) is 18.8. The van der Waals surface area contributed by atoms with E-state index in [9.17, 15) is 19.2 Å². The van der Waals surface area contributed by atoms with E-state index in [1.165, 1.54) is 44.5 Å². The molecule has 0 aliphatic carbocycles. The van der Waals surface area contributed by atoms with E-state index in [1.54, 1.807) is 24.4 Å². The van der Waals surface area contributed by atoms with Gasteiger partial charge in [0.05, 0.1) is 22.6 Å². The number of β-lactam (4-membered cyclic amide) rings is 1. The van der Waals surface area contributed by atoms with Gasteiger partial charge in [-0.2, -0.15) is 0 Å². The van der Waals surface area contributed by atoms with E-state index < -0.39 is 5.97 Å². The maximum absolute atomic E-state index is 12.7. The lowest BCUT2D eigenvalue weighted by Gasteiger charge is -2.37. The Kier molecular flexibility index (Phi) is 4.33. The highest BCUT2D eigenvalue weighted by atomic mass is 32.2. The van der Waals surface area contributed by atoms with Crippen molar-refractivity contribution in [3.63, 3.8) is 0 Å². The molecule has 30 heavy (non-hydrogen) atoms. The number of Topliss-reactive ketones (excluding diaryl/α,β-unsaturated/α-hetero) is 1. The van der Waals surface area contributed by atoms with Gasteiger partial charge >= 0.3 is 5.97 Å². The summed E-state index contributed by atoms with van der Waals surface area (Å²) in [5.41, 5.74) is 1.65. The van der Waals surface area contributed by atoms with E-state index in [4.69, 9.17) is 5.11 Å². The van der Waals surface area contributed by atoms with Crippen LogP contribution in [0.15, 0.2) is 47.3 Å². The molecule has 2 amide bonds. The average molecular weight is 439 g/mol. The SMILES string of the molecule is O=C(O)C1=CSC2/C(=C\c3cc4c(s3)C(=O)CN(C(=O)c3cccnc3)C4)C(=O)N12.